The van der Waals surface area contributed by atoms with E-state index in [9.17, 15) is 18.0 Å². The number of benzene rings is 1. The standard InChI is InChI=1S/C17H22N2O6S/c20-16(19-13-5-6-13)11-25-17(21)12-3-7-15(8-4-12)26(22,23)18-10-14-2-1-9-24-14/h3-4,7-8,13-14,18H,1-2,5-6,9-11H2,(H,19,20)/t14-/m0/s1. The fourth-order valence-corrected chi connectivity index (χ4v) is 3.64. The first kappa shape index (κ1) is 18.8. The lowest BCUT2D eigenvalue weighted by Crippen LogP contribution is -2.31. The Balaban J connectivity index is 1.51. The van der Waals surface area contributed by atoms with Gasteiger partial charge in [-0.25, -0.2) is 17.9 Å². The Bertz CT molecular complexity index is 752. The quantitative estimate of drug-likeness (QED) is 0.636. The summed E-state index contributed by atoms with van der Waals surface area (Å²) < 4.78 is 37.3. The minimum absolute atomic E-state index is 0.0542. The van der Waals surface area contributed by atoms with E-state index in [0.717, 1.165) is 25.7 Å². The number of rotatable bonds is 8. The molecule has 1 saturated carbocycles. The van der Waals surface area contributed by atoms with Gasteiger partial charge in [0.2, 0.25) is 10.0 Å². The number of sulfonamides is 1. The van der Waals surface area contributed by atoms with Crippen molar-refractivity contribution in [1.29, 1.82) is 0 Å². The van der Waals surface area contributed by atoms with E-state index in [1.54, 1.807) is 0 Å². The largest absolute Gasteiger partial charge is 0.452 e. The number of nitrogens with one attached hydrogen (secondary N) is 2. The van der Waals surface area contributed by atoms with Gasteiger partial charge in [0, 0.05) is 19.2 Å². The summed E-state index contributed by atoms with van der Waals surface area (Å²) in [5, 5.41) is 2.71. The lowest BCUT2D eigenvalue weighted by Gasteiger charge is -2.11. The Kier molecular flexibility index (Phi) is 5.90. The van der Waals surface area contributed by atoms with Crippen LogP contribution >= 0.6 is 0 Å². The molecule has 1 aromatic carbocycles. The molecule has 0 aromatic heterocycles. The number of amides is 1. The first-order chi connectivity index (χ1) is 12.4. The van der Waals surface area contributed by atoms with Gasteiger partial charge in [0.05, 0.1) is 16.6 Å². The van der Waals surface area contributed by atoms with Gasteiger partial charge in [-0.15, -0.1) is 0 Å². The van der Waals surface area contributed by atoms with Crippen molar-refractivity contribution < 1.29 is 27.5 Å². The van der Waals surface area contributed by atoms with Crippen molar-refractivity contribution in [2.75, 3.05) is 19.8 Å². The molecule has 0 spiro atoms. The summed E-state index contributed by atoms with van der Waals surface area (Å²) in [5.41, 5.74) is 0.183. The number of hydrogen-bond donors (Lipinski definition) is 2. The summed E-state index contributed by atoms with van der Waals surface area (Å²) in [4.78, 5) is 23.5. The molecule has 0 bridgehead atoms. The Labute approximate surface area is 152 Å². The number of ether oxygens (including phenoxy) is 2. The van der Waals surface area contributed by atoms with Crippen molar-refractivity contribution in [2.24, 2.45) is 0 Å². The Hall–Kier alpha value is -1.97. The summed E-state index contributed by atoms with van der Waals surface area (Å²) in [6.07, 6.45) is 3.58. The van der Waals surface area contributed by atoms with Crippen molar-refractivity contribution in [1.82, 2.24) is 10.0 Å². The molecule has 3 rings (SSSR count). The number of carbonyl (C=O) groups excluding carboxylic acids is 2. The monoisotopic (exact) mass is 382 g/mol. The molecule has 1 atom stereocenters. The van der Waals surface area contributed by atoms with Gasteiger partial charge >= 0.3 is 5.97 Å². The SMILES string of the molecule is O=C(COC(=O)c1ccc(S(=O)(=O)NC[C@@H]2CCCO2)cc1)NC1CC1. The van der Waals surface area contributed by atoms with E-state index in [4.69, 9.17) is 9.47 Å². The van der Waals surface area contributed by atoms with Gasteiger partial charge in [0.15, 0.2) is 6.61 Å². The van der Waals surface area contributed by atoms with Crippen LogP contribution < -0.4 is 10.0 Å². The summed E-state index contributed by atoms with van der Waals surface area (Å²) in [6, 6.07) is 5.59. The lowest BCUT2D eigenvalue weighted by molar-refractivity contribution is -0.124. The first-order valence-corrected chi connectivity index (χ1v) is 10.1. The molecule has 142 valence electrons. The average Bonchev–Trinajstić information content (AvgIpc) is 3.28. The summed E-state index contributed by atoms with van der Waals surface area (Å²) in [6.45, 7) is 0.530. The number of hydrogen-bond acceptors (Lipinski definition) is 6. The summed E-state index contributed by atoms with van der Waals surface area (Å²) in [7, 11) is -3.67. The smallest absolute Gasteiger partial charge is 0.338 e. The molecular weight excluding hydrogens is 360 g/mol. The van der Waals surface area contributed by atoms with Crippen LogP contribution in [0.4, 0.5) is 0 Å². The number of carbonyl (C=O) groups is 2. The first-order valence-electron chi connectivity index (χ1n) is 8.62. The van der Waals surface area contributed by atoms with Gasteiger partial charge in [-0.3, -0.25) is 4.79 Å². The van der Waals surface area contributed by atoms with Crippen LogP contribution in [0.15, 0.2) is 29.2 Å². The third-order valence-electron chi connectivity index (χ3n) is 4.20. The lowest BCUT2D eigenvalue weighted by atomic mass is 10.2. The highest BCUT2D eigenvalue weighted by atomic mass is 32.2. The molecule has 1 amide bonds. The Morgan fingerprint density at radius 1 is 1.15 bits per heavy atom. The maximum absolute atomic E-state index is 12.3. The minimum atomic E-state index is -3.67. The van der Waals surface area contributed by atoms with Crippen LogP contribution in [0.25, 0.3) is 0 Å². The van der Waals surface area contributed by atoms with Crippen LogP contribution in [0.3, 0.4) is 0 Å². The Morgan fingerprint density at radius 2 is 1.88 bits per heavy atom. The van der Waals surface area contributed by atoms with E-state index in [0.29, 0.717) is 6.61 Å². The van der Waals surface area contributed by atoms with Crippen molar-refractivity contribution in [3.05, 3.63) is 29.8 Å². The molecule has 9 heteroatoms. The van der Waals surface area contributed by atoms with Crippen LogP contribution in [0, 0.1) is 0 Å². The van der Waals surface area contributed by atoms with Gasteiger partial charge in [0.25, 0.3) is 5.91 Å². The van der Waals surface area contributed by atoms with E-state index in [2.05, 4.69) is 10.0 Å². The second-order valence-corrected chi connectivity index (χ2v) is 8.20. The molecule has 2 N–H and O–H groups in total. The predicted octanol–water partition coefficient (Wildman–Crippen LogP) is 0.579. The van der Waals surface area contributed by atoms with E-state index >= 15 is 0 Å². The van der Waals surface area contributed by atoms with Gasteiger partial charge in [0.1, 0.15) is 0 Å². The average molecular weight is 382 g/mol. The highest BCUT2D eigenvalue weighted by molar-refractivity contribution is 7.89. The van der Waals surface area contributed by atoms with E-state index < -0.39 is 16.0 Å². The van der Waals surface area contributed by atoms with Crippen LogP contribution in [0.1, 0.15) is 36.0 Å². The molecule has 1 heterocycles. The molecule has 1 aliphatic carbocycles. The molecule has 26 heavy (non-hydrogen) atoms. The second-order valence-electron chi connectivity index (χ2n) is 6.43. The second kappa shape index (κ2) is 8.15. The molecule has 0 unspecified atom stereocenters. The molecule has 2 fully saturated rings. The molecule has 1 aliphatic heterocycles. The van der Waals surface area contributed by atoms with E-state index in [1.807, 2.05) is 0 Å². The van der Waals surface area contributed by atoms with Gasteiger partial charge < -0.3 is 14.8 Å². The van der Waals surface area contributed by atoms with Crippen molar-refractivity contribution in [3.8, 4) is 0 Å². The highest BCUT2D eigenvalue weighted by Crippen LogP contribution is 2.18. The van der Waals surface area contributed by atoms with Crippen molar-refractivity contribution >= 4 is 21.9 Å². The van der Waals surface area contributed by atoms with Crippen LogP contribution in [-0.2, 0) is 24.3 Å². The van der Waals surface area contributed by atoms with E-state index in [-0.39, 0.29) is 41.7 Å². The van der Waals surface area contributed by atoms with Gasteiger partial charge in [-0.2, -0.15) is 0 Å². The molecule has 0 radical (unpaired) electrons. The maximum atomic E-state index is 12.3. The Morgan fingerprint density at radius 3 is 2.50 bits per heavy atom. The third kappa shape index (κ3) is 5.26. The summed E-state index contributed by atoms with van der Waals surface area (Å²) in [5.74, 6) is -1.01. The normalized spacial score (nSPS) is 19.9. The topological polar surface area (TPSA) is 111 Å². The zero-order chi connectivity index (χ0) is 18.6. The molecular formula is C17H22N2O6S. The van der Waals surface area contributed by atoms with Gasteiger partial charge in [-0.05, 0) is 49.9 Å². The van der Waals surface area contributed by atoms with Crippen LogP contribution in [0.5, 0.6) is 0 Å². The molecule has 1 saturated heterocycles. The highest BCUT2D eigenvalue weighted by Gasteiger charge is 2.24. The zero-order valence-corrected chi connectivity index (χ0v) is 15.1. The minimum Gasteiger partial charge on any atom is -0.452 e. The molecule has 1 aromatic rings. The van der Waals surface area contributed by atoms with Crippen molar-refractivity contribution in [3.63, 3.8) is 0 Å². The van der Waals surface area contributed by atoms with E-state index in [1.165, 1.54) is 24.3 Å². The zero-order valence-electron chi connectivity index (χ0n) is 14.3. The van der Waals surface area contributed by atoms with Crippen LogP contribution in [0.2, 0.25) is 0 Å². The third-order valence-corrected chi connectivity index (χ3v) is 5.64. The molecule has 2 aliphatic rings. The summed E-state index contributed by atoms with van der Waals surface area (Å²) >= 11 is 0. The fraction of sp³-hybridized carbons (Fsp3) is 0.529. The fourth-order valence-electron chi connectivity index (χ4n) is 2.57. The predicted molar refractivity (Wildman–Crippen MR) is 92.1 cm³/mol. The number of esters is 1. The molecule has 8 nitrogen and oxygen atoms in total. The van der Waals surface area contributed by atoms with Crippen molar-refractivity contribution in [2.45, 2.75) is 42.7 Å². The van der Waals surface area contributed by atoms with Gasteiger partial charge in [-0.1, -0.05) is 0 Å². The van der Waals surface area contributed by atoms with Crippen LogP contribution in [-0.4, -0.2) is 52.2 Å². The maximum Gasteiger partial charge on any atom is 0.338 e.